The Bertz CT molecular complexity index is 2650. The number of sulfone groups is 1. The Kier molecular flexibility index (Phi) is 14.7. The highest BCUT2D eigenvalue weighted by atomic mass is 35.5. The number of thioether (sulfide) groups is 1. The first-order chi connectivity index (χ1) is 31.8. The highest BCUT2D eigenvalue weighted by Gasteiger charge is 2.48. The number of halogens is 4. The van der Waals surface area contributed by atoms with Crippen molar-refractivity contribution in [1.82, 2.24) is 25.1 Å². The number of hydrogen-bond acceptors (Lipinski definition) is 11. The molecule has 1 unspecified atom stereocenters. The first-order valence-electron chi connectivity index (χ1n) is 23.2. The van der Waals surface area contributed by atoms with E-state index < -0.39 is 47.1 Å². The summed E-state index contributed by atoms with van der Waals surface area (Å²) in [5.41, 5.74) is -0.799. The van der Waals surface area contributed by atoms with Crippen LogP contribution in [0.2, 0.25) is 5.02 Å². The van der Waals surface area contributed by atoms with Crippen molar-refractivity contribution in [3.8, 4) is 0 Å². The molecule has 66 heavy (non-hydrogen) atoms. The third-order valence-electron chi connectivity index (χ3n) is 13.4. The number of hydrogen-bond donors (Lipinski definition) is 3. The van der Waals surface area contributed by atoms with Gasteiger partial charge in [-0.25, -0.2) is 26.8 Å². The summed E-state index contributed by atoms with van der Waals surface area (Å²) in [5.74, 6) is -0.473. The number of aromatic nitrogens is 2. The zero-order valence-corrected chi connectivity index (χ0v) is 40.5. The predicted molar refractivity (Wildman–Crippen MR) is 257 cm³/mol. The molecule has 356 valence electrons. The topological polar surface area (TPSA) is 137 Å². The number of fused-ring (bicyclic) bond motifs is 1. The SMILES string of the molecule is [2H]C1(C2Cc3ncnc(NS(=O)(=O)c4ccc(N[C@H](CCN5CCCC5)CSc5ccccc5)c(S(=O)(=O)C(F)(F)F)c4)c3CN2)CCN(CC2=C(c3ccc(Cl)cc3)CC(C)(C)CC2)CC1. The number of nitrogens with one attached hydrogen (secondary N) is 3. The monoisotopic (exact) mass is 986 g/mol. The quantitative estimate of drug-likeness (QED) is 0.0927. The molecule has 0 amide bonds. The normalized spacial score (nSPS) is 21.2. The summed E-state index contributed by atoms with van der Waals surface area (Å²) in [4.78, 5) is 12.5. The average molecular weight is 988 g/mol. The maximum atomic E-state index is 14.3. The Balaban J connectivity index is 0.964. The lowest BCUT2D eigenvalue weighted by atomic mass is 9.72. The van der Waals surface area contributed by atoms with Gasteiger partial charge in [-0.15, -0.1) is 11.8 Å². The van der Waals surface area contributed by atoms with E-state index in [1.54, 1.807) is 0 Å². The minimum atomic E-state index is -6.01. The van der Waals surface area contributed by atoms with Gasteiger partial charge in [0.15, 0.2) is 0 Å². The lowest BCUT2D eigenvalue weighted by molar-refractivity contribution is -0.0435. The molecule has 3 N–H and O–H groups in total. The van der Waals surface area contributed by atoms with Crippen LogP contribution < -0.4 is 15.4 Å². The standard InChI is InChI=1S/C48H59ClF3N7O4S3/c1-47(2)20-16-35(40(28-47)33-10-12-36(49)13-11-33)30-59-23-17-34(18-24-59)43-27-44-41(29-53-43)46(55-32-54-44)57-66(62,63)39-14-15-42(45(26-39)65(60,61)48(50,51)52)56-37(19-25-58-21-6-7-22-58)31-64-38-8-4-3-5-9-38/h3-5,8-15,26,32,34,37,43,53,56H,6-7,16-25,27-31H2,1-2H3,(H,54,55,57)/t37-,43?/m1/s1/i34D. The maximum Gasteiger partial charge on any atom is 0.501 e. The molecule has 2 atom stereocenters. The van der Waals surface area contributed by atoms with E-state index in [-0.39, 0.29) is 29.5 Å². The zero-order valence-electron chi connectivity index (χ0n) is 38.3. The van der Waals surface area contributed by atoms with Gasteiger partial charge in [-0.2, -0.15) is 13.2 Å². The van der Waals surface area contributed by atoms with Gasteiger partial charge in [-0.1, -0.05) is 61.4 Å². The number of likely N-dealkylation sites (tertiary alicyclic amines) is 2. The van der Waals surface area contributed by atoms with Crippen LogP contribution in [0.3, 0.4) is 0 Å². The molecule has 2 saturated heterocycles. The van der Waals surface area contributed by atoms with E-state index in [2.05, 4.69) is 61.1 Å². The lowest BCUT2D eigenvalue weighted by Crippen LogP contribution is -2.47. The number of alkyl halides is 3. The molecular formula is C48H59ClF3N7O4S3. The molecule has 3 aliphatic heterocycles. The molecule has 0 radical (unpaired) electrons. The van der Waals surface area contributed by atoms with E-state index in [4.69, 9.17) is 11.6 Å². The van der Waals surface area contributed by atoms with E-state index in [9.17, 15) is 31.4 Å². The second-order valence-corrected chi connectivity index (χ2v) is 23.8. The van der Waals surface area contributed by atoms with Crippen molar-refractivity contribution in [2.75, 3.05) is 55.1 Å². The third-order valence-corrected chi connectivity index (χ3v) is 17.7. The minimum absolute atomic E-state index is 0.0763. The fraction of sp³-hybridized carbons (Fsp3) is 0.500. The molecule has 8 rings (SSSR count). The number of piperidine rings is 1. The van der Waals surface area contributed by atoms with Crippen molar-refractivity contribution in [1.29, 1.82) is 0 Å². The summed E-state index contributed by atoms with van der Waals surface area (Å²) in [5, 5.41) is 7.22. The second kappa shape index (κ2) is 20.5. The first kappa shape index (κ1) is 47.4. The molecule has 0 saturated carbocycles. The van der Waals surface area contributed by atoms with Crippen molar-refractivity contribution in [3.05, 3.63) is 107 Å². The summed E-state index contributed by atoms with van der Waals surface area (Å²) in [6.07, 6.45) is 8.56. The van der Waals surface area contributed by atoms with Crippen molar-refractivity contribution in [3.63, 3.8) is 0 Å². The average Bonchev–Trinajstić information content (AvgIpc) is 3.83. The number of sulfonamides is 1. The fourth-order valence-corrected chi connectivity index (χ4v) is 12.8. The largest absolute Gasteiger partial charge is 0.501 e. The van der Waals surface area contributed by atoms with Crippen LogP contribution in [-0.4, -0.2) is 99.2 Å². The molecule has 18 heteroatoms. The van der Waals surface area contributed by atoms with Crippen LogP contribution in [0.5, 0.6) is 0 Å². The van der Waals surface area contributed by atoms with Crippen LogP contribution in [0.1, 0.15) is 83.4 Å². The van der Waals surface area contributed by atoms with E-state index in [1.807, 2.05) is 42.5 Å². The van der Waals surface area contributed by atoms with Crippen molar-refractivity contribution in [2.45, 2.75) is 110 Å². The van der Waals surface area contributed by atoms with Gasteiger partial charge in [0, 0.05) is 60.7 Å². The van der Waals surface area contributed by atoms with Crippen LogP contribution in [-0.2, 0) is 32.8 Å². The molecule has 3 aromatic carbocycles. The van der Waals surface area contributed by atoms with Gasteiger partial charge >= 0.3 is 5.51 Å². The van der Waals surface area contributed by atoms with Gasteiger partial charge < -0.3 is 15.5 Å². The molecule has 2 fully saturated rings. The summed E-state index contributed by atoms with van der Waals surface area (Å²) in [6, 6.07) is 19.6. The van der Waals surface area contributed by atoms with E-state index in [0.29, 0.717) is 60.3 Å². The van der Waals surface area contributed by atoms with Gasteiger partial charge in [-0.05, 0) is 142 Å². The highest BCUT2D eigenvalue weighted by Crippen LogP contribution is 2.44. The van der Waals surface area contributed by atoms with E-state index in [0.717, 1.165) is 81.9 Å². The Morgan fingerprint density at radius 2 is 1.70 bits per heavy atom. The number of benzene rings is 3. The van der Waals surface area contributed by atoms with Gasteiger partial charge in [0.25, 0.3) is 19.9 Å². The minimum Gasteiger partial charge on any atom is -0.380 e. The van der Waals surface area contributed by atoms with Gasteiger partial charge in [-0.3, -0.25) is 9.62 Å². The van der Waals surface area contributed by atoms with Crippen LogP contribution in [0.4, 0.5) is 24.7 Å². The Labute approximate surface area is 398 Å². The second-order valence-electron chi connectivity index (χ2n) is 18.7. The van der Waals surface area contributed by atoms with Crippen molar-refractivity contribution < 1.29 is 31.4 Å². The predicted octanol–water partition coefficient (Wildman–Crippen LogP) is 9.67. The summed E-state index contributed by atoms with van der Waals surface area (Å²) in [7, 11) is -10.7. The molecule has 1 aliphatic carbocycles. The van der Waals surface area contributed by atoms with Crippen molar-refractivity contribution in [2.24, 2.45) is 11.3 Å². The van der Waals surface area contributed by atoms with Gasteiger partial charge in [0.1, 0.15) is 17.0 Å². The molecule has 4 aromatic rings. The number of allylic oxidation sites excluding steroid dienone is 1. The van der Waals surface area contributed by atoms with Crippen LogP contribution in [0.25, 0.3) is 5.57 Å². The van der Waals surface area contributed by atoms with E-state index in [1.165, 1.54) is 34.8 Å². The fourth-order valence-electron chi connectivity index (χ4n) is 9.56. The van der Waals surface area contributed by atoms with Crippen LogP contribution in [0, 0.1) is 11.3 Å². The summed E-state index contributed by atoms with van der Waals surface area (Å²) >= 11 is 7.72. The Morgan fingerprint density at radius 3 is 2.41 bits per heavy atom. The molecular weight excluding hydrogens is 927 g/mol. The molecule has 0 bridgehead atoms. The lowest BCUT2D eigenvalue weighted by Gasteiger charge is -2.40. The van der Waals surface area contributed by atoms with Crippen molar-refractivity contribution >= 4 is 60.3 Å². The van der Waals surface area contributed by atoms with Crippen LogP contribution in [0.15, 0.2) is 99.4 Å². The molecule has 4 aliphatic rings. The number of nitrogens with zero attached hydrogens (tertiary/aromatic N) is 4. The Morgan fingerprint density at radius 1 is 0.970 bits per heavy atom. The third kappa shape index (κ3) is 11.8. The Hall–Kier alpha value is -3.71. The highest BCUT2D eigenvalue weighted by molar-refractivity contribution is 7.99. The smallest absolute Gasteiger partial charge is 0.380 e. The zero-order chi connectivity index (χ0) is 47.6. The van der Waals surface area contributed by atoms with Gasteiger partial charge in [0.2, 0.25) is 0 Å². The maximum absolute atomic E-state index is 14.3. The van der Waals surface area contributed by atoms with Crippen LogP contribution >= 0.6 is 23.4 Å². The summed E-state index contributed by atoms with van der Waals surface area (Å²) in [6.45, 7) is 9.60. The van der Waals surface area contributed by atoms with E-state index >= 15 is 0 Å². The summed E-state index contributed by atoms with van der Waals surface area (Å²) < 4.78 is 109. The molecule has 4 heterocycles. The molecule has 11 nitrogen and oxygen atoms in total. The van der Waals surface area contributed by atoms with Gasteiger partial charge in [0.05, 0.1) is 16.3 Å². The number of rotatable bonds is 16. The number of anilines is 2. The molecule has 0 spiro atoms. The molecule has 1 aromatic heterocycles. The first-order valence-corrected chi connectivity index (χ1v) is 27.0.